The number of fused-ring (bicyclic) bond motifs is 2. The summed E-state index contributed by atoms with van der Waals surface area (Å²) in [6.07, 6.45) is 2.56. The molecule has 2 aromatic heterocycles. The molecule has 4 aromatic rings. The number of hydrogen-bond donors (Lipinski definition) is 4. The summed E-state index contributed by atoms with van der Waals surface area (Å²) in [7, 11) is 3.85. The maximum absolute atomic E-state index is 13.1. The lowest BCUT2D eigenvalue weighted by molar-refractivity contribution is -0.122. The van der Waals surface area contributed by atoms with Gasteiger partial charge in [0, 0.05) is 65.1 Å². The molecule has 8 nitrogen and oxygen atoms in total. The van der Waals surface area contributed by atoms with E-state index in [9.17, 15) is 19.8 Å². The number of hydrogen-bond acceptors (Lipinski definition) is 5. The first-order valence-electron chi connectivity index (χ1n) is 10.6. The molecule has 1 atom stereocenters. The number of aromatic amines is 1. The van der Waals surface area contributed by atoms with Gasteiger partial charge in [-0.1, -0.05) is 18.2 Å². The predicted octanol–water partition coefficient (Wildman–Crippen LogP) is 2.11. The van der Waals surface area contributed by atoms with Gasteiger partial charge < -0.3 is 24.7 Å². The molecule has 0 radical (unpaired) electrons. The number of carbonyl (C=O) groups is 2. The first-order valence-corrected chi connectivity index (χ1v) is 10.6. The Bertz CT molecular complexity index is 1440. The number of nitrogens with one attached hydrogen (secondary N) is 2. The van der Waals surface area contributed by atoms with Crippen molar-refractivity contribution >= 4 is 50.5 Å². The number of rotatable bonds is 6. The van der Waals surface area contributed by atoms with Crippen molar-refractivity contribution in [3.63, 3.8) is 0 Å². The second-order valence-electron chi connectivity index (χ2n) is 8.41. The van der Waals surface area contributed by atoms with Crippen LogP contribution in [0.4, 0.5) is 5.69 Å². The molecular weight excluding hydrogens is 420 g/mol. The second kappa shape index (κ2) is 7.91. The summed E-state index contributed by atoms with van der Waals surface area (Å²) < 4.78 is 1.81. The van der Waals surface area contributed by atoms with E-state index in [-0.39, 0.29) is 13.2 Å². The van der Waals surface area contributed by atoms with E-state index in [1.165, 1.54) is 0 Å². The van der Waals surface area contributed by atoms with Crippen LogP contribution in [0.5, 0.6) is 0 Å². The van der Waals surface area contributed by atoms with Gasteiger partial charge in [-0.05, 0) is 24.3 Å². The van der Waals surface area contributed by atoms with E-state index in [2.05, 4.69) is 10.3 Å². The molecular formula is C25H24N4O4. The first kappa shape index (κ1) is 21.0. The average molecular weight is 444 g/mol. The second-order valence-corrected chi connectivity index (χ2v) is 8.41. The van der Waals surface area contributed by atoms with Crippen molar-refractivity contribution in [1.82, 2.24) is 14.9 Å². The normalized spacial score (nSPS) is 15.0. The van der Waals surface area contributed by atoms with Crippen LogP contribution in [0.3, 0.4) is 0 Å². The van der Waals surface area contributed by atoms with Crippen LogP contribution < -0.4 is 10.2 Å². The maximum Gasteiger partial charge on any atom is 0.259 e. The molecule has 0 bridgehead atoms. The zero-order valence-electron chi connectivity index (χ0n) is 18.3. The summed E-state index contributed by atoms with van der Waals surface area (Å²) in [5, 5.41) is 23.5. The highest BCUT2D eigenvalue weighted by Gasteiger charge is 2.35. The molecule has 3 heterocycles. The Labute approximate surface area is 189 Å². The Hall–Kier alpha value is -3.88. The summed E-state index contributed by atoms with van der Waals surface area (Å²) >= 11 is 0. The van der Waals surface area contributed by atoms with Gasteiger partial charge in [0.15, 0.2) is 0 Å². The number of H-pyrrole nitrogens is 1. The Morgan fingerprint density at radius 1 is 1.00 bits per heavy atom. The minimum Gasteiger partial charge on any atom is -0.394 e. The molecule has 1 aliphatic rings. The van der Waals surface area contributed by atoms with Gasteiger partial charge in [-0.25, -0.2) is 0 Å². The third-order valence-corrected chi connectivity index (χ3v) is 6.06. The molecule has 33 heavy (non-hydrogen) atoms. The van der Waals surface area contributed by atoms with Crippen LogP contribution in [-0.4, -0.2) is 58.4 Å². The fraction of sp³-hybridized carbons (Fsp3) is 0.200. The number of aromatic nitrogens is 2. The number of benzene rings is 2. The van der Waals surface area contributed by atoms with Gasteiger partial charge in [-0.3, -0.25) is 14.9 Å². The van der Waals surface area contributed by atoms with Gasteiger partial charge in [0.2, 0.25) is 0 Å². The van der Waals surface area contributed by atoms with Crippen LogP contribution in [0.2, 0.25) is 0 Å². The lowest BCUT2D eigenvalue weighted by Gasteiger charge is -2.14. The van der Waals surface area contributed by atoms with Crippen molar-refractivity contribution < 1.29 is 19.8 Å². The van der Waals surface area contributed by atoms with Crippen LogP contribution in [0.1, 0.15) is 11.1 Å². The van der Waals surface area contributed by atoms with E-state index in [4.69, 9.17) is 0 Å². The molecule has 0 spiro atoms. The number of anilines is 1. The monoisotopic (exact) mass is 444 g/mol. The summed E-state index contributed by atoms with van der Waals surface area (Å²) in [6.45, 7) is -0.230. The molecule has 0 saturated heterocycles. The van der Waals surface area contributed by atoms with Gasteiger partial charge in [-0.2, -0.15) is 0 Å². The molecule has 0 saturated carbocycles. The standard InChI is InChI=1S/C25H24N4O4/c1-28(2)14-7-8-21-17(9-14)19(12-29(21)11-15(31)13-30)23-22(24(32)27-25(23)33)18-10-26-20-6-4-3-5-16(18)20/h3-10,12,15,26,30-31H,11,13H2,1-2H3,(H,27,32,33). The Balaban J connectivity index is 1.80. The molecule has 2 aromatic carbocycles. The van der Waals surface area contributed by atoms with Crippen molar-refractivity contribution in [2.75, 3.05) is 25.6 Å². The van der Waals surface area contributed by atoms with Gasteiger partial charge in [0.25, 0.3) is 11.8 Å². The molecule has 4 N–H and O–H groups in total. The van der Waals surface area contributed by atoms with Crippen molar-refractivity contribution in [2.45, 2.75) is 12.6 Å². The highest BCUT2D eigenvalue weighted by Crippen LogP contribution is 2.39. The zero-order valence-corrected chi connectivity index (χ0v) is 18.3. The average Bonchev–Trinajstić information content (AvgIpc) is 3.46. The molecule has 1 unspecified atom stereocenters. The summed E-state index contributed by atoms with van der Waals surface area (Å²) in [4.78, 5) is 31.2. The molecule has 2 amide bonds. The van der Waals surface area contributed by atoms with Crippen molar-refractivity contribution in [2.24, 2.45) is 0 Å². The number of carbonyl (C=O) groups excluding carboxylic acids is 2. The van der Waals surface area contributed by atoms with E-state index in [1.54, 1.807) is 17.0 Å². The van der Waals surface area contributed by atoms with E-state index in [0.717, 1.165) is 27.5 Å². The fourth-order valence-electron chi connectivity index (χ4n) is 4.45. The number of imide groups is 1. The lowest BCUT2D eigenvalue weighted by Crippen LogP contribution is -2.22. The summed E-state index contributed by atoms with van der Waals surface area (Å²) in [6, 6.07) is 13.4. The van der Waals surface area contributed by atoms with Gasteiger partial charge >= 0.3 is 0 Å². The quantitative estimate of drug-likeness (QED) is 0.341. The van der Waals surface area contributed by atoms with Gasteiger partial charge in [0.05, 0.1) is 30.4 Å². The topological polar surface area (TPSA) is 111 Å². The Morgan fingerprint density at radius 3 is 2.45 bits per heavy atom. The van der Waals surface area contributed by atoms with Crippen molar-refractivity contribution in [3.05, 3.63) is 66.0 Å². The van der Waals surface area contributed by atoms with E-state index in [1.807, 2.05) is 61.5 Å². The van der Waals surface area contributed by atoms with Crippen LogP contribution in [0.25, 0.3) is 33.0 Å². The van der Waals surface area contributed by atoms with Crippen LogP contribution in [-0.2, 0) is 16.1 Å². The van der Waals surface area contributed by atoms with Gasteiger partial charge in [0.1, 0.15) is 0 Å². The summed E-state index contributed by atoms with van der Waals surface area (Å²) in [5.74, 6) is -0.905. The molecule has 0 fully saturated rings. The third-order valence-electron chi connectivity index (χ3n) is 6.06. The molecule has 5 rings (SSSR count). The van der Waals surface area contributed by atoms with Crippen molar-refractivity contribution in [3.8, 4) is 0 Å². The van der Waals surface area contributed by atoms with E-state index >= 15 is 0 Å². The highest BCUT2D eigenvalue weighted by molar-refractivity contribution is 6.50. The highest BCUT2D eigenvalue weighted by atomic mass is 16.3. The van der Waals surface area contributed by atoms with Gasteiger partial charge in [-0.15, -0.1) is 0 Å². The molecule has 1 aliphatic heterocycles. The van der Waals surface area contributed by atoms with E-state index < -0.39 is 17.9 Å². The lowest BCUT2D eigenvalue weighted by atomic mass is 9.95. The molecule has 8 heteroatoms. The van der Waals surface area contributed by atoms with Crippen LogP contribution in [0.15, 0.2) is 54.9 Å². The Kier molecular flexibility index (Phi) is 5.03. The minimum atomic E-state index is -0.955. The van der Waals surface area contributed by atoms with Crippen molar-refractivity contribution in [1.29, 1.82) is 0 Å². The maximum atomic E-state index is 13.1. The van der Waals surface area contributed by atoms with Crippen LogP contribution in [0, 0.1) is 0 Å². The number of amides is 2. The number of aliphatic hydroxyl groups excluding tert-OH is 2. The predicted molar refractivity (Wildman–Crippen MR) is 128 cm³/mol. The largest absolute Gasteiger partial charge is 0.394 e. The zero-order chi connectivity index (χ0) is 23.3. The minimum absolute atomic E-state index is 0.152. The SMILES string of the molecule is CN(C)c1ccc2c(c1)c(C1=C(c3c[nH]c4ccccc34)C(=O)NC1=O)cn2CC(O)CO. The van der Waals surface area contributed by atoms with E-state index in [0.29, 0.717) is 22.3 Å². The number of aliphatic hydroxyl groups is 2. The molecule has 168 valence electrons. The smallest absolute Gasteiger partial charge is 0.259 e. The Morgan fingerprint density at radius 2 is 1.73 bits per heavy atom. The first-order chi connectivity index (χ1) is 15.9. The number of nitrogens with zero attached hydrogens (tertiary/aromatic N) is 2. The molecule has 0 aliphatic carbocycles. The van der Waals surface area contributed by atoms with Crippen LogP contribution >= 0.6 is 0 Å². The fourth-order valence-corrected chi connectivity index (χ4v) is 4.45. The summed E-state index contributed by atoms with van der Waals surface area (Å²) in [5.41, 5.74) is 4.46. The third kappa shape index (κ3) is 3.40. The number of para-hydroxylation sites is 1.